The van der Waals surface area contributed by atoms with Crippen molar-refractivity contribution in [2.45, 2.75) is 60.8 Å². The van der Waals surface area contributed by atoms with Gasteiger partial charge in [-0.2, -0.15) is 0 Å². The van der Waals surface area contributed by atoms with E-state index in [2.05, 4.69) is 51.3 Å². The second-order valence-corrected chi connectivity index (χ2v) is 9.02. The quantitative estimate of drug-likeness (QED) is 0.794. The van der Waals surface area contributed by atoms with Crippen LogP contribution in [0, 0.1) is 16.2 Å². The lowest BCUT2D eigenvalue weighted by Gasteiger charge is -2.57. The number of likely N-dealkylation sites (tertiary alicyclic amines) is 1. The molecule has 1 aliphatic rings. The van der Waals surface area contributed by atoms with Crippen LogP contribution in [0.15, 0.2) is 0 Å². The third-order valence-corrected chi connectivity index (χ3v) is 5.61. The summed E-state index contributed by atoms with van der Waals surface area (Å²) in [4.78, 5) is 16.5. The molecule has 0 N–H and O–H groups in total. The van der Waals surface area contributed by atoms with Crippen LogP contribution in [-0.4, -0.2) is 49.4 Å². The zero-order valence-electron chi connectivity index (χ0n) is 15.5. The average molecular weight is 296 g/mol. The van der Waals surface area contributed by atoms with Crippen LogP contribution < -0.4 is 0 Å². The van der Waals surface area contributed by atoms with E-state index in [1.807, 2.05) is 14.1 Å². The molecule has 0 aromatic rings. The van der Waals surface area contributed by atoms with Gasteiger partial charge < -0.3 is 9.80 Å². The Hall–Kier alpha value is -0.570. The van der Waals surface area contributed by atoms with Crippen molar-refractivity contribution in [3.8, 4) is 0 Å². The van der Waals surface area contributed by atoms with Crippen molar-refractivity contribution in [2.24, 2.45) is 16.2 Å². The molecule has 1 fully saturated rings. The van der Waals surface area contributed by atoms with Gasteiger partial charge in [-0.15, -0.1) is 0 Å². The molecule has 1 rings (SSSR count). The zero-order valence-corrected chi connectivity index (χ0v) is 15.5. The maximum absolute atomic E-state index is 12.3. The van der Waals surface area contributed by atoms with Gasteiger partial charge >= 0.3 is 0 Å². The van der Waals surface area contributed by atoms with Crippen molar-refractivity contribution in [3.05, 3.63) is 0 Å². The summed E-state index contributed by atoms with van der Waals surface area (Å²) in [6.45, 7) is 16.9. The van der Waals surface area contributed by atoms with E-state index in [-0.39, 0.29) is 10.8 Å². The highest BCUT2D eigenvalue weighted by molar-refractivity contribution is 5.76. The minimum absolute atomic E-state index is 0.268. The number of carbonyl (C=O) groups excluding carboxylic acids is 1. The topological polar surface area (TPSA) is 23.6 Å². The van der Waals surface area contributed by atoms with Gasteiger partial charge in [0.25, 0.3) is 0 Å². The molecular weight excluding hydrogens is 260 g/mol. The molecule has 1 saturated heterocycles. The van der Waals surface area contributed by atoms with Gasteiger partial charge in [0.2, 0.25) is 5.91 Å². The number of rotatable bonds is 3. The second kappa shape index (κ2) is 6.28. The third-order valence-electron chi connectivity index (χ3n) is 5.61. The first-order chi connectivity index (χ1) is 9.41. The van der Waals surface area contributed by atoms with Crippen LogP contribution in [0.5, 0.6) is 0 Å². The predicted octanol–water partition coefficient (Wildman–Crippen LogP) is 3.64. The van der Waals surface area contributed by atoms with Gasteiger partial charge in [-0.1, -0.05) is 41.5 Å². The van der Waals surface area contributed by atoms with Gasteiger partial charge in [-0.25, -0.2) is 0 Å². The lowest BCUT2D eigenvalue weighted by molar-refractivity contribution is -0.140. The molecule has 0 aromatic carbocycles. The second-order valence-electron chi connectivity index (χ2n) is 9.02. The number of carbonyl (C=O) groups is 1. The molecule has 0 aliphatic carbocycles. The Morgan fingerprint density at radius 3 is 1.76 bits per heavy atom. The molecule has 124 valence electrons. The van der Waals surface area contributed by atoms with E-state index >= 15 is 0 Å². The maximum Gasteiger partial charge on any atom is 0.223 e. The summed E-state index contributed by atoms with van der Waals surface area (Å²) in [6, 6.07) is 0. The normalized spacial score (nSPS) is 20.0. The Balaban J connectivity index is 2.74. The Bertz CT molecular complexity index is 336. The minimum atomic E-state index is 0.268. The van der Waals surface area contributed by atoms with Crippen LogP contribution in [0.3, 0.4) is 0 Å². The van der Waals surface area contributed by atoms with Crippen molar-refractivity contribution < 1.29 is 4.79 Å². The SMILES string of the molecule is CN(C)CCC(=O)N1CCC(C(C)(C)C)(C(C)(C)C)CC1. The van der Waals surface area contributed by atoms with Gasteiger partial charge in [-0.3, -0.25) is 4.79 Å². The number of amides is 1. The summed E-state index contributed by atoms with van der Waals surface area (Å²) < 4.78 is 0. The molecule has 0 atom stereocenters. The third kappa shape index (κ3) is 4.00. The average Bonchev–Trinajstić information content (AvgIpc) is 2.33. The highest BCUT2D eigenvalue weighted by Crippen LogP contribution is 2.57. The summed E-state index contributed by atoms with van der Waals surface area (Å²) in [7, 11) is 4.04. The molecule has 21 heavy (non-hydrogen) atoms. The van der Waals surface area contributed by atoms with Crippen LogP contribution in [-0.2, 0) is 4.79 Å². The summed E-state index contributed by atoms with van der Waals surface area (Å²) in [5.41, 5.74) is 0.840. The number of hydrogen-bond donors (Lipinski definition) is 0. The molecule has 0 spiro atoms. The van der Waals surface area contributed by atoms with E-state index in [1.165, 1.54) is 0 Å². The van der Waals surface area contributed by atoms with Crippen molar-refractivity contribution in [2.75, 3.05) is 33.7 Å². The summed E-state index contributed by atoms with van der Waals surface area (Å²) >= 11 is 0. The highest BCUT2D eigenvalue weighted by Gasteiger charge is 2.51. The summed E-state index contributed by atoms with van der Waals surface area (Å²) in [5.74, 6) is 0.320. The van der Waals surface area contributed by atoms with Crippen LogP contribution in [0.25, 0.3) is 0 Å². The van der Waals surface area contributed by atoms with Crippen LogP contribution in [0.1, 0.15) is 60.8 Å². The zero-order chi connectivity index (χ0) is 16.5. The standard InChI is InChI=1S/C18H36N2O/c1-16(2,3)18(17(4,5)6)10-13-20(14-11-18)15(21)9-12-19(7)8/h9-14H2,1-8H3. The first-order valence-electron chi connectivity index (χ1n) is 8.33. The highest BCUT2D eigenvalue weighted by atomic mass is 16.2. The molecule has 0 radical (unpaired) electrons. The van der Waals surface area contributed by atoms with Crippen molar-refractivity contribution in [1.29, 1.82) is 0 Å². The summed E-state index contributed by atoms with van der Waals surface area (Å²) in [5, 5.41) is 0. The van der Waals surface area contributed by atoms with E-state index in [1.54, 1.807) is 0 Å². The number of nitrogens with zero attached hydrogens (tertiary/aromatic N) is 2. The number of hydrogen-bond acceptors (Lipinski definition) is 2. The van der Waals surface area contributed by atoms with Crippen molar-refractivity contribution >= 4 is 5.91 Å². The predicted molar refractivity (Wildman–Crippen MR) is 90.3 cm³/mol. The molecule has 0 unspecified atom stereocenters. The van der Waals surface area contributed by atoms with E-state index in [4.69, 9.17) is 0 Å². The fourth-order valence-corrected chi connectivity index (χ4v) is 4.24. The molecule has 1 amide bonds. The molecule has 3 nitrogen and oxygen atoms in total. The largest absolute Gasteiger partial charge is 0.343 e. The summed E-state index contributed by atoms with van der Waals surface area (Å²) in [6.07, 6.45) is 2.88. The van der Waals surface area contributed by atoms with Gasteiger partial charge in [0.1, 0.15) is 0 Å². The molecule has 3 heteroatoms. The first-order valence-corrected chi connectivity index (χ1v) is 8.33. The fraction of sp³-hybridized carbons (Fsp3) is 0.944. The van der Waals surface area contributed by atoms with Crippen LogP contribution in [0.2, 0.25) is 0 Å². The lowest BCUT2D eigenvalue weighted by Crippen LogP contribution is -2.54. The smallest absolute Gasteiger partial charge is 0.223 e. The maximum atomic E-state index is 12.3. The Labute approximate surface area is 132 Å². The van der Waals surface area contributed by atoms with Gasteiger partial charge in [0, 0.05) is 26.1 Å². The van der Waals surface area contributed by atoms with E-state index in [9.17, 15) is 4.79 Å². The molecule has 0 aromatic heterocycles. The van der Waals surface area contributed by atoms with E-state index < -0.39 is 0 Å². The van der Waals surface area contributed by atoms with Crippen molar-refractivity contribution in [3.63, 3.8) is 0 Å². The van der Waals surface area contributed by atoms with E-state index in [0.29, 0.717) is 17.7 Å². The minimum Gasteiger partial charge on any atom is -0.343 e. The first kappa shape index (κ1) is 18.5. The van der Waals surface area contributed by atoms with E-state index in [0.717, 1.165) is 32.5 Å². The van der Waals surface area contributed by atoms with Crippen LogP contribution >= 0.6 is 0 Å². The Morgan fingerprint density at radius 1 is 1.00 bits per heavy atom. The van der Waals surface area contributed by atoms with Gasteiger partial charge in [0.15, 0.2) is 0 Å². The molecule has 0 bridgehead atoms. The molecular formula is C18H36N2O. The monoisotopic (exact) mass is 296 g/mol. The molecule has 1 aliphatic heterocycles. The molecule has 0 saturated carbocycles. The Morgan fingerprint density at radius 2 is 1.43 bits per heavy atom. The fourth-order valence-electron chi connectivity index (χ4n) is 4.24. The van der Waals surface area contributed by atoms with Crippen molar-refractivity contribution in [1.82, 2.24) is 9.80 Å². The molecule has 1 heterocycles. The van der Waals surface area contributed by atoms with Gasteiger partial charge in [-0.05, 0) is 43.2 Å². The van der Waals surface area contributed by atoms with Gasteiger partial charge in [0.05, 0.1) is 0 Å². The number of piperidine rings is 1. The lowest BCUT2D eigenvalue weighted by atomic mass is 9.50. The Kier molecular flexibility index (Phi) is 5.52. The van der Waals surface area contributed by atoms with Crippen LogP contribution in [0.4, 0.5) is 0 Å².